The fraction of sp³-hybridized carbons (Fsp3) is 0.227. The van der Waals surface area contributed by atoms with Gasteiger partial charge in [-0.25, -0.2) is 0 Å². The Balaban J connectivity index is 1.35. The summed E-state index contributed by atoms with van der Waals surface area (Å²) in [6.07, 6.45) is 0. The van der Waals surface area contributed by atoms with Crippen LogP contribution in [0.15, 0.2) is 53.1 Å². The molecule has 0 bridgehead atoms. The molecule has 8 heteroatoms. The van der Waals surface area contributed by atoms with Crippen LogP contribution in [-0.4, -0.2) is 39.4 Å². The summed E-state index contributed by atoms with van der Waals surface area (Å²) in [5, 5.41) is 3.90. The van der Waals surface area contributed by atoms with Crippen molar-refractivity contribution in [1.82, 2.24) is 15.0 Å². The zero-order valence-electron chi connectivity index (χ0n) is 16.5. The van der Waals surface area contributed by atoms with E-state index in [9.17, 15) is 14.4 Å². The number of aromatic nitrogens is 2. The minimum Gasteiger partial charge on any atom is -0.454 e. The van der Waals surface area contributed by atoms with Crippen molar-refractivity contribution < 1.29 is 23.6 Å². The van der Waals surface area contributed by atoms with Gasteiger partial charge in [0.1, 0.15) is 6.54 Å². The molecule has 1 aromatic heterocycles. The lowest BCUT2D eigenvalue weighted by Crippen LogP contribution is -2.35. The van der Waals surface area contributed by atoms with Gasteiger partial charge in [-0.05, 0) is 23.6 Å². The van der Waals surface area contributed by atoms with Crippen LogP contribution in [0.3, 0.4) is 0 Å². The van der Waals surface area contributed by atoms with Gasteiger partial charge in [-0.3, -0.25) is 19.3 Å². The Morgan fingerprint density at radius 1 is 1.03 bits per heavy atom. The van der Waals surface area contributed by atoms with Gasteiger partial charge in [-0.2, -0.15) is 4.98 Å². The lowest BCUT2D eigenvalue weighted by molar-refractivity contribution is -0.146. The van der Waals surface area contributed by atoms with Crippen LogP contribution >= 0.6 is 0 Å². The summed E-state index contributed by atoms with van der Waals surface area (Å²) >= 11 is 0. The van der Waals surface area contributed by atoms with E-state index >= 15 is 0 Å². The van der Waals surface area contributed by atoms with E-state index in [4.69, 9.17) is 9.26 Å². The van der Waals surface area contributed by atoms with E-state index in [0.717, 1.165) is 10.5 Å². The van der Waals surface area contributed by atoms with Crippen molar-refractivity contribution in [2.24, 2.45) is 0 Å². The van der Waals surface area contributed by atoms with Gasteiger partial charge >= 0.3 is 5.97 Å². The fourth-order valence-corrected chi connectivity index (χ4v) is 3.15. The lowest BCUT2D eigenvalue weighted by atomic mass is 10.0. The number of hydrogen-bond donors (Lipinski definition) is 0. The minimum absolute atomic E-state index is 0.119. The third kappa shape index (κ3) is 3.71. The second-order valence-electron chi connectivity index (χ2n) is 7.19. The number of esters is 1. The number of benzene rings is 2. The number of ether oxygens (including phenoxy) is 1. The average Bonchev–Trinajstić information content (AvgIpc) is 3.32. The molecule has 0 fully saturated rings. The van der Waals surface area contributed by atoms with Crippen molar-refractivity contribution in [1.29, 1.82) is 0 Å². The number of hydrogen-bond acceptors (Lipinski definition) is 7. The van der Waals surface area contributed by atoms with E-state index in [2.05, 4.69) is 24.0 Å². The second-order valence-corrected chi connectivity index (χ2v) is 7.19. The molecule has 0 radical (unpaired) electrons. The molecule has 0 spiro atoms. The van der Waals surface area contributed by atoms with E-state index in [1.165, 1.54) is 5.56 Å². The van der Waals surface area contributed by atoms with E-state index in [1.54, 1.807) is 24.3 Å². The molecule has 0 saturated heterocycles. The molecule has 0 aliphatic carbocycles. The largest absolute Gasteiger partial charge is 0.454 e. The van der Waals surface area contributed by atoms with Crippen LogP contribution in [0, 0.1) is 0 Å². The van der Waals surface area contributed by atoms with Crippen LogP contribution < -0.4 is 0 Å². The first-order chi connectivity index (χ1) is 14.4. The zero-order valence-corrected chi connectivity index (χ0v) is 16.5. The summed E-state index contributed by atoms with van der Waals surface area (Å²) in [6.45, 7) is 3.48. The minimum atomic E-state index is -0.745. The highest BCUT2D eigenvalue weighted by atomic mass is 16.6. The number of rotatable bonds is 6. The number of nitrogens with zero attached hydrogens (tertiary/aromatic N) is 3. The smallest absolute Gasteiger partial charge is 0.326 e. The standard InChI is InChI=1S/C22H19N3O5/c1-13(2)14-7-9-15(10-8-14)20-23-18(30-24-20)12-29-19(26)11-25-21(27)16-5-3-4-6-17(16)22(25)28/h3-10,13H,11-12H2,1-2H3. The van der Waals surface area contributed by atoms with E-state index in [-0.39, 0.29) is 23.6 Å². The van der Waals surface area contributed by atoms with E-state index in [1.807, 2.05) is 24.3 Å². The average molecular weight is 405 g/mol. The normalized spacial score (nSPS) is 13.1. The van der Waals surface area contributed by atoms with Crippen molar-refractivity contribution in [2.45, 2.75) is 26.4 Å². The molecule has 4 rings (SSSR count). The molecule has 2 aromatic carbocycles. The van der Waals surface area contributed by atoms with Crippen molar-refractivity contribution in [3.63, 3.8) is 0 Å². The first kappa shape index (κ1) is 19.5. The van der Waals surface area contributed by atoms with Crippen molar-refractivity contribution in [2.75, 3.05) is 6.54 Å². The summed E-state index contributed by atoms with van der Waals surface area (Å²) < 4.78 is 10.2. The lowest BCUT2D eigenvalue weighted by Gasteiger charge is -2.12. The van der Waals surface area contributed by atoms with Crippen molar-refractivity contribution in [3.8, 4) is 11.4 Å². The van der Waals surface area contributed by atoms with Crippen LogP contribution in [0.2, 0.25) is 0 Å². The number of amides is 2. The van der Waals surface area contributed by atoms with Crippen LogP contribution in [0.1, 0.15) is 51.9 Å². The van der Waals surface area contributed by atoms with Crippen molar-refractivity contribution in [3.05, 3.63) is 71.1 Å². The second kappa shape index (κ2) is 7.90. The third-order valence-electron chi connectivity index (χ3n) is 4.83. The Labute approximate surface area is 172 Å². The van der Waals surface area contributed by atoms with Gasteiger partial charge in [0.05, 0.1) is 11.1 Å². The number of fused-ring (bicyclic) bond motifs is 1. The van der Waals surface area contributed by atoms with Crippen LogP contribution in [0.5, 0.6) is 0 Å². The summed E-state index contributed by atoms with van der Waals surface area (Å²) in [6, 6.07) is 14.2. The monoisotopic (exact) mass is 405 g/mol. The van der Waals surface area contributed by atoms with E-state index < -0.39 is 24.3 Å². The maximum absolute atomic E-state index is 12.3. The van der Waals surface area contributed by atoms with Gasteiger partial charge in [0.15, 0.2) is 6.61 Å². The molecule has 152 valence electrons. The Hall–Kier alpha value is -3.81. The zero-order chi connectivity index (χ0) is 21.3. The maximum Gasteiger partial charge on any atom is 0.326 e. The number of imide groups is 1. The Bertz CT molecular complexity index is 1080. The molecule has 2 amide bonds. The van der Waals surface area contributed by atoms with Gasteiger partial charge < -0.3 is 9.26 Å². The van der Waals surface area contributed by atoms with Gasteiger partial charge in [0.25, 0.3) is 17.7 Å². The maximum atomic E-state index is 12.3. The molecule has 2 heterocycles. The molecular formula is C22H19N3O5. The molecular weight excluding hydrogens is 386 g/mol. The molecule has 0 atom stereocenters. The molecule has 1 aliphatic rings. The highest BCUT2D eigenvalue weighted by Gasteiger charge is 2.36. The molecule has 0 N–H and O–H groups in total. The summed E-state index contributed by atoms with van der Waals surface area (Å²) in [5.74, 6) is -0.854. The van der Waals surface area contributed by atoms with Gasteiger partial charge in [0.2, 0.25) is 5.82 Å². The van der Waals surface area contributed by atoms with Gasteiger partial charge in [0, 0.05) is 5.56 Å². The van der Waals surface area contributed by atoms with E-state index in [0.29, 0.717) is 11.7 Å². The first-order valence-corrected chi connectivity index (χ1v) is 9.48. The Kier molecular flexibility index (Phi) is 5.14. The third-order valence-corrected chi connectivity index (χ3v) is 4.83. The predicted octanol–water partition coefficient (Wildman–Crippen LogP) is 3.20. The molecule has 8 nitrogen and oxygen atoms in total. The molecule has 0 unspecified atom stereocenters. The molecule has 0 saturated carbocycles. The van der Waals surface area contributed by atoms with Crippen LogP contribution in [0.4, 0.5) is 0 Å². The van der Waals surface area contributed by atoms with Gasteiger partial charge in [-0.1, -0.05) is 55.4 Å². The topological polar surface area (TPSA) is 103 Å². The first-order valence-electron chi connectivity index (χ1n) is 9.48. The van der Waals surface area contributed by atoms with Gasteiger partial charge in [-0.15, -0.1) is 0 Å². The van der Waals surface area contributed by atoms with Crippen LogP contribution in [-0.2, 0) is 16.1 Å². The number of carbonyl (C=O) groups excluding carboxylic acids is 3. The SMILES string of the molecule is CC(C)c1ccc(-c2noc(COC(=O)CN3C(=O)c4ccccc4C3=O)n2)cc1. The molecule has 30 heavy (non-hydrogen) atoms. The quantitative estimate of drug-likeness (QED) is 0.458. The Morgan fingerprint density at radius 3 is 2.27 bits per heavy atom. The summed E-state index contributed by atoms with van der Waals surface area (Å²) in [7, 11) is 0. The van der Waals surface area contributed by atoms with Crippen molar-refractivity contribution >= 4 is 17.8 Å². The summed E-state index contributed by atoms with van der Waals surface area (Å²) in [4.78, 5) is 41.8. The summed E-state index contributed by atoms with van der Waals surface area (Å²) in [5.41, 5.74) is 2.54. The predicted molar refractivity (Wildman–Crippen MR) is 105 cm³/mol. The molecule has 3 aromatic rings. The highest BCUT2D eigenvalue weighted by molar-refractivity contribution is 6.22. The number of carbonyl (C=O) groups is 3. The highest BCUT2D eigenvalue weighted by Crippen LogP contribution is 2.23. The Morgan fingerprint density at radius 2 is 1.67 bits per heavy atom. The molecule has 1 aliphatic heterocycles. The fourth-order valence-electron chi connectivity index (χ4n) is 3.15. The van der Waals surface area contributed by atoms with Crippen LogP contribution in [0.25, 0.3) is 11.4 Å².